The van der Waals surface area contributed by atoms with Gasteiger partial charge in [0.25, 0.3) is 0 Å². The number of halogens is 2. The molecule has 9 heteroatoms. The Morgan fingerprint density at radius 3 is 2.22 bits per heavy atom. The highest BCUT2D eigenvalue weighted by atomic mass is 35.5. The molecule has 32 heavy (non-hydrogen) atoms. The first-order chi connectivity index (χ1) is 14.8. The lowest BCUT2D eigenvalue weighted by molar-refractivity contribution is -0.122. The first kappa shape index (κ1) is 26.3. The van der Waals surface area contributed by atoms with Crippen molar-refractivity contribution in [3.05, 3.63) is 58.1 Å². The Labute approximate surface area is 200 Å². The van der Waals surface area contributed by atoms with Crippen molar-refractivity contribution in [1.29, 1.82) is 0 Å². The fourth-order valence-corrected chi connectivity index (χ4v) is 4.69. The summed E-state index contributed by atoms with van der Waals surface area (Å²) in [5.41, 5.74) is 1.53. The van der Waals surface area contributed by atoms with E-state index in [1.807, 2.05) is 24.3 Å². The van der Waals surface area contributed by atoms with Gasteiger partial charge in [-0.2, -0.15) is 0 Å². The predicted molar refractivity (Wildman–Crippen MR) is 132 cm³/mol. The lowest BCUT2D eigenvalue weighted by Crippen LogP contribution is -2.50. The molecule has 0 fully saturated rings. The topological polar surface area (TPSA) is 75.7 Å². The van der Waals surface area contributed by atoms with Crippen molar-refractivity contribution >= 4 is 44.8 Å². The van der Waals surface area contributed by atoms with E-state index in [0.717, 1.165) is 10.6 Å². The normalized spacial score (nSPS) is 12.8. The molecule has 1 amide bonds. The average molecular weight is 501 g/mol. The summed E-state index contributed by atoms with van der Waals surface area (Å²) in [6, 6.07) is 11.3. The number of sulfonamides is 1. The molecular formula is C23H30Cl2N2O4S. The number of hydrogen-bond acceptors (Lipinski definition) is 4. The van der Waals surface area contributed by atoms with Crippen molar-refractivity contribution in [2.45, 2.75) is 45.6 Å². The SMILES string of the molecule is CC[C@H](C(=O)NCCOc1ccc(C(C)(C)C)cc1)N(c1ccc(Cl)c(Cl)c1)S(C)(=O)=O. The number of benzene rings is 2. The van der Waals surface area contributed by atoms with Gasteiger partial charge in [-0.05, 0) is 47.7 Å². The number of carbonyl (C=O) groups is 1. The zero-order valence-corrected chi connectivity index (χ0v) is 21.3. The van der Waals surface area contributed by atoms with Crippen molar-refractivity contribution in [1.82, 2.24) is 5.32 Å². The molecule has 0 aromatic heterocycles. The fourth-order valence-electron chi connectivity index (χ4n) is 3.19. The number of amides is 1. The summed E-state index contributed by atoms with van der Waals surface area (Å²) >= 11 is 12.0. The number of nitrogens with zero attached hydrogens (tertiary/aromatic N) is 1. The van der Waals surface area contributed by atoms with Crippen LogP contribution in [0.3, 0.4) is 0 Å². The van der Waals surface area contributed by atoms with E-state index in [1.54, 1.807) is 6.92 Å². The molecule has 0 radical (unpaired) electrons. The minimum atomic E-state index is -3.75. The van der Waals surface area contributed by atoms with Gasteiger partial charge in [-0.1, -0.05) is 63.0 Å². The molecule has 2 aromatic rings. The third-order valence-electron chi connectivity index (χ3n) is 4.88. The van der Waals surface area contributed by atoms with E-state index in [4.69, 9.17) is 27.9 Å². The molecule has 0 aliphatic rings. The van der Waals surface area contributed by atoms with Gasteiger partial charge in [0.2, 0.25) is 15.9 Å². The Morgan fingerprint density at radius 1 is 1.09 bits per heavy atom. The molecule has 0 heterocycles. The van der Waals surface area contributed by atoms with Crippen LogP contribution in [0, 0.1) is 0 Å². The number of ether oxygens (including phenoxy) is 1. The van der Waals surface area contributed by atoms with Crippen LogP contribution in [0.25, 0.3) is 0 Å². The second-order valence-electron chi connectivity index (χ2n) is 8.50. The molecule has 0 aliphatic heterocycles. The summed E-state index contributed by atoms with van der Waals surface area (Å²) in [5.74, 6) is 0.281. The van der Waals surface area contributed by atoms with Gasteiger partial charge in [-0.25, -0.2) is 8.42 Å². The Bertz CT molecular complexity index is 1030. The summed E-state index contributed by atoms with van der Waals surface area (Å²) in [4.78, 5) is 12.8. The highest BCUT2D eigenvalue weighted by Crippen LogP contribution is 2.30. The van der Waals surface area contributed by atoms with Crippen molar-refractivity contribution in [3.63, 3.8) is 0 Å². The van der Waals surface area contributed by atoms with Crippen molar-refractivity contribution in [3.8, 4) is 5.75 Å². The van der Waals surface area contributed by atoms with E-state index in [0.29, 0.717) is 10.8 Å². The van der Waals surface area contributed by atoms with Crippen LogP contribution >= 0.6 is 23.2 Å². The zero-order chi connectivity index (χ0) is 24.1. The molecule has 0 saturated carbocycles. The van der Waals surface area contributed by atoms with E-state index in [9.17, 15) is 13.2 Å². The molecule has 1 atom stereocenters. The molecule has 6 nitrogen and oxygen atoms in total. The van der Waals surface area contributed by atoms with Gasteiger partial charge in [0.1, 0.15) is 18.4 Å². The van der Waals surface area contributed by atoms with Crippen molar-refractivity contribution in [2.24, 2.45) is 0 Å². The lowest BCUT2D eigenvalue weighted by Gasteiger charge is -2.30. The van der Waals surface area contributed by atoms with Crippen molar-refractivity contribution in [2.75, 3.05) is 23.7 Å². The molecule has 0 bridgehead atoms. The Hall–Kier alpha value is -1.96. The zero-order valence-electron chi connectivity index (χ0n) is 19.0. The van der Waals surface area contributed by atoms with E-state index >= 15 is 0 Å². The summed E-state index contributed by atoms with van der Waals surface area (Å²) in [7, 11) is -3.75. The monoisotopic (exact) mass is 500 g/mol. The quantitative estimate of drug-likeness (QED) is 0.489. The van der Waals surface area contributed by atoms with Crippen LogP contribution in [0.15, 0.2) is 42.5 Å². The van der Waals surface area contributed by atoms with Crippen LogP contribution in [0.1, 0.15) is 39.7 Å². The van der Waals surface area contributed by atoms with Gasteiger partial charge in [-0.15, -0.1) is 0 Å². The molecular weight excluding hydrogens is 471 g/mol. The molecule has 2 rings (SSSR count). The molecule has 0 spiro atoms. The summed E-state index contributed by atoms with van der Waals surface area (Å²) in [6.45, 7) is 8.65. The largest absolute Gasteiger partial charge is 0.492 e. The van der Waals surface area contributed by atoms with Gasteiger partial charge >= 0.3 is 0 Å². The highest BCUT2D eigenvalue weighted by molar-refractivity contribution is 7.92. The molecule has 0 unspecified atom stereocenters. The second-order valence-corrected chi connectivity index (χ2v) is 11.2. The minimum absolute atomic E-state index is 0.0570. The molecule has 1 N–H and O–H groups in total. The average Bonchev–Trinajstić information content (AvgIpc) is 2.70. The lowest BCUT2D eigenvalue weighted by atomic mass is 9.87. The van der Waals surface area contributed by atoms with Gasteiger partial charge < -0.3 is 10.1 Å². The summed E-state index contributed by atoms with van der Waals surface area (Å²) < 4.78 is 31.7. The smallest absolute Gasteiger partial charge is 0.244 e. The van der Waals surface area contributed by atoms with E-state index in [-0.39, 0.29) is 35.7 Å². The Morgan fingerprint density at radius 2 is 1.72 bits per heavy atom. The van der Waals surface area contributed by atoms with Crippen LogP contribution in [0.5, 0.6) is 5.75 Å². The maximum atomic E-state index is 12.8. The number of anilines is 1. The first-order valence-corrected chi connectivity index (χ1v) is 12.9. The number of hydrogen-bond donors (Lipinski definition) is 1. The fraction of sp³-hybridized carbons (Fsp3) is 0.435. The number of rotatable bonds is 9. The predicted octanol–water partition coefficient (Wildman–Crippen LogP) is 5.03. The maximum Gasteiger partial charge on any atom is 0.244 e. The Balaban J connectivity index is 2.03. The first-order valence-electron chi connectivity index (χ1n) is 10.3. The van der Waals surface area contributed by atoms with Crippen molar-refractivity contribution < 1.29 is 17.9 Å². The van der Waals surface area contributed by atoms with Gasteiger partial charge in [-0.3, -0.25) is 9.10 Å². The third-order valence-corrected chi connectivity index (χ3v) is 6.80. The van der Waals surface area contributed by atoms with Crippen LogP contribution in [0.2, 0.25) is 10.0 Å². The van der Waals surface area contributed by atoms with E-state index in [2.05, 4.69) is 26.1 Å². The van der Waals surface area contributed by atoms with Gasteiger partial charge in [0.15, 0.2) is 0 Å². The summed E-state index contributed by atoms with van der Waals surface area (Å²) in [5, 5.41) is 3.27. The van der Waals surface area contributed by atoms with Crippen LogP contribution < -0.4 is 14.4 Å². The Kier molecular flexibility index (Phi) is 8.85. The van der Waals surface area contributed by atoms with Gasteiger partial charge in [0.05, 0.1) is 28.5 Å². The second kappa shape index (κ2) is 10.8. The van der Waals surface area contributed by atoms with Gasteiger partial charge in [0, 0.05) is 0 Å². The number of nitrogens with one attached hydrogen (secondary N) is 1. The van der Waals surface area contributed by atoms with Crippen LogP contribution in [0.4, 0.5) is 5.69 Å². The maximum absolute atomic E-state index is 12.8. The van der Waals surface area contributed by atoms with E-state index < -0.39 is 22.0 Å². The van der Waals surface area contributed by atoms with E-state index in [1.165, 1.54) is 23.8 Å². The molecule has 0 aliphatic carbocycles. The van der Waals surface area contributed by atoms with Crippen LogP contribution in [-0.4, -0.2) is 39.8 Å². The number of carbonyl (C=O) groups excluding carboxylic acids is 1. The molecule has 2 aromatic carbocycles. The molecule has 176 valence electrons. The summed E-state index contributed by atoms with van der Waals surface area (Å²) in [6.07, 6.45) is 1.32. The minimum Gasteiger partial charge on any atom is -0.492 e. The standard InChI is InChI=1S/C23H30Cl2N2O4S/c1-6-21(27(32(5,29)30)17-9-12-19(24)20(25)15-17)22(28)26-13-14-31-18-10-7-16(8-11-18)23(2,3)4/h7-12,15,21H,6,13-14H2,1-5H3,(H,26,28)/t21-/m1/s1. The van der Waals surface area contributed by atoms with Crippen LogP contribution in [-0.2, 0) is 20.2 Å². The molecule has 0 saturated heterocycles. The highest BCUT2D eigenvalue weighted by Gasteiger charge is 2.31. The third kappa shape index (κ3) is 7.02.